The molecule has 4 heterocycles. The molecule has 252 valence electrons. The quantitative estimate of drug-likeness (QED) is 0.146. The highest BCUT2D eigenvalue weighted by molar-refractivity contribution is 6.31. The average Bonchev–Trinajstić information content (AvgIpc) is 3.77. The van der Waals surface area contributed by atoms with Gasteiger partial charge in [0.2, 0.25) is 5.96 Å². The molecular formula is C49H31N5. The maximum absolute atomic E-state index is 5.21. The van der Waals surface area contributed by atoms with Crippen LogP contribution in [0.25, 0.3) is 81.8 Å². The van der Waals surface area contributed by atoms with E-state index in [1.165, 1.54) is 70.8 Å². The van der Waals surface area contributed by atoms with E-state index in [2.05, 4.69) is 166 Å². The lowest BCUT2D eigenvalue weighted by Gasteiger charge is -2.24. The molecule has 0 bridgehead atoms. The van der Waals surface area contributed by atoms with Crippen LogP contribution >= 0.6 is 0 Å². The van der Waals surface area contributed by atoms with Crippen LogP contribution in [0.5, 0.6) is 0 Å². The standard InChI is InChI=1S/C49H31N5/c1-3-14-30(15-4-1)47-50-48(31-16-5-2-6-17-31)52-49(51-47)54-43-25-12-8-19-34(43)39-28-32(26-27-44(39)54)38-29-40-35-20-9-11-24-42(35)53-41-23-10-7-18-33(41)36-21-13-22-37(38)45(36)46(40)53/h1-29,47H,(H,50,51,52). The molecule has 0 aliphatic carbocycles. The molecule has 1 unspecified atom stereocenters. The Hall–Kier alpha value is -7.24. The molecule has 11 aromatic rings. The third-order valence-electron chi connectivity index (χ3n) is 11.3. The summed E-state index contributed by atoms with van der Waals surface area (Å²) in [5.41, 5.74) is 10.4. The van der Waals surface area contributed by atoms with Crippen LogP contribution in [0.15, 0.2) is 186 Å². The minimum Gasteiger partial charge on any atom is -0.330 e. The van der Waals surface area contributed by atoms with Gasteiger partial charge in [-0.15, -0.1) is 0 Å². The van der Waals surface area contributed by atoms with E-state index in [-0.39, 0.29) is 6.17 Å². The maximum Gasteiger partial charge on any atom is 0.211 e. The molecule has 1 aliphatic heterocycles. The smallest absolute Gasteiger partial charge is 0.211 e. The van der Waals surface area contributed by atoms with Crippen molar-refractivity contribution in [2.24, 2.45) is 9.98 Å². The number of fused-ring (bicyclic) bond motifs is 9. The molecule has 0 fully saturated rings. The third kappa shape index (κ3) is 4.09. The van der Waals surface area contributed by atoms with E-state index in [1.54, 1.807) is 0 Å². The van der Waals surface area contributed by atoms with Gasteiger partial charge in [0.25, 0.3) is 0 Å². The zero-order valence-corrected chi connectivity index (χ0v) is 29.1. The average molecular weight is 690 g/mol. The van der Waals surface area contributed by atoms with E-state index in [0.717, 1.165) is 28.1 Å². The van der Waals surface area contributed by atoms with Crippen molar-refractivity contribution in [3.05, 3.63) is 187 Å². The molecule has 0 amide bonds. The highest BCUT2D eigenvalue weighted by atomic mass is 15.3. The normalized spacial score (nSPS) is 14.9. The van der Waals surface area contributed by atoms with Crippen molar-refractivity contribution < 1.29 is 0 Å². The second kappa shape index (κ2) is 11.1. The second-order valence-electron chi connectivity index (χ2n) is 14.2. The van der Waals surface area contributed by atoms with Crippen molar-refractivity contribution in [2.75, 3.05) is 0 Å². The van der Waals surface area contributed by atoms with Gasteiger partial charge in [0, 0.05) is 37.9 Å². The number of hydrogen-bond donors (Lipinski definition) is 1. The fraction of sp³-hybridized carbons (Fsp3) is 0.0204. The third-order valence-corrected chi connectivity index (χ3v) is 11.3. The number of benzene rings is 8. The predicted octanol–water partition coefficient (Wildman–Crippen LogP) is 11.7. The lowest BCUT2D eigenvalue weighted by Crippen LogP contribution is -2.37. The number of aromatic nitrogens is 2. The van der Waals surface area contributed by atoms with Crippen LogP contribution in [0.3, 0.4) is 0 Å². The van der Waals surface area contributed by atoms with Crippen LogP contribution in [0.4, 0.5) is 0 Å². The summed E-state index contributed by atoms with van der Waals surface area (Å²) in [5.74, 6) is 1.46. The minimum atomic E-state index is -0.289. The summed E-state index contributed by atoms with van der Waals surface area (Å²) in [6.45, 7) is 0. The maximum atomic E-state index is 5.21. The van der Waals surface area contributed by atoms with Crippen molar-refractivity contribution in [1.82, 2.24) is 14.3 Å². The number of para-hydroxylation sites is 3. The van der Waals surface area contributed by atoms with Gasteiger partial charge < -0.3 is 9.72 Å². The Labute approximate surface area is 310 Å². The van der Waals surface area contributed by atoms with E-state index < -0.39 is 0 Å². The van der Waals surface area contributed by atoms with Gasteiger partial charge in [-0.25, -0.2) is 4.99 Å². The van der Waals surface area contributed by atoms with E-state index in [9.17, 15) is 0 Å². The van der Waals surface area contributed by atoms with Gasteiger partial charge >= 0.3 is 0 Å². The van der Waals surface area contributed by atoms with Gasteiger partial charge in [-0.2, -0.15) is 4.99 Å². The molecule has 1 aliphatic rings. The van der Waals surface area contributed by atoms with E-state index in [1.807, 2.05) is 24.3 Å². The molecular weight excluding hydrogens is 659 g/mol. The zero-order chi connectivity index (χ0) is 35.3. The van der Waals surface area contributed by atoms with E-state index in [4.69, 9.17) is 9.98 Å². The number of hydrogen-bond acceptors (Lipinski definition) is 3. The lowest BCUT2D eigenvalue weighted by molar-refractivity contribution is 0.661. The molecule has 54 heavy (non-hydrogen) atoms. The number of aliphatic imine (C=N–C) groups is 2. The second-order valence-corrected chi connectivity index (χ2v) is 14.2. The van der Waals surface area contributed by atoms with Gasteiger partial charge in [-0.3, -0.25) is 4.57 Å². The van der Waals surface area contributed by atoms with Gasteiger partial charge in [-0.05, 0) is 63.9 Å². The fourth-order valence-corrected chi connectivity index (χ4v) is 8.96. The first-order valence-electron chi connectivity index (χ1n) is 18.5. The molecule has 0 saturated carbocycles. The largest absolute Gasteiger partial charge is 0.330 e. The first kappa shape index (κ1) is 29.3. The molecule has 3 aromatic heterocycles. The Morgan fingerprint density at radius 2 is 1.04 bits per heavy atom. The minimum absolute atomic E-state index is 0.289. The first-order chi connectivity index (χ1) is 26.8. The van der Waals surface area contributed by atoms with Crippen molar-refractivity contribution in [3.63, 3.8) is 0 Å². The fourth-order valence-electron chi connectivity index (χ4n) is 8.96. The van der Waals surface area contributed by atoms with Crippen molar-refractivity contribution in [1.29, 1.82) is 0 Å². The Morgan fingerprint density at radius 1 is 0.444 bits per heavy atom. The molecule has 0 saturated heterocycles. The van der Waals surface area contributed by atoms with Crippen molar-refractivity contribution in [2.45, 2.75) is 6.17 Å². The summed E-state index contributed by atoms with van der Waals surface area (Å²) in [5, 5.41) is 13.7. The van der Waals surface area contributed by atoms with Gasteiger partial charge in [-0.1, -0.05) is 140 Å². The Bertz CT molecular complexity index is 3340. The summed E-state index contributed by atoms with van der Waals surface area (Å²) in [7, 11) is 0. The van der Waals surface area contributed by atoms with Crippen LogP contribution in [0.1, 0.15) is 17.3 Å². The first-order valence-corrected chi connectivity index (χ1v) is 18.5. The van der Waals surface area contributed by atoms with E-state index >= 15 is 0 Å². The number of nitrogens with one attached hydrogen (secondary N) is 1. The number of amidine groups is 1. The van der Waals surface area contributed by atoms with Crippen LogP contribution < -0.4 is 5.32 Å². The van der Waals surface area contributed by atoms with Crippen LogP contribution in [0.2, 0.25) is 0 Å². The van der Waals surface area contributed by atoms with Gasteiger partial charge in [0.05, 0.1) is 27.6 Å². The summed E-state index contributed by atoms with van der Waals surface area (Å²) in [6.07, 6.45) is -0.289. The lowest BCUT2D eigenvalue weighted by atomic mass is 9.91. The molecule has 1 atom stereocenters. The molecule has 8 aromatic carbocycles. The van der Waals surface area contributed by atoms with Crippen LogP contribution in [-0.4, -0.2) is 20.8 Å². The predicted molar refractivity (Wildman–Crippen MR) is 225 cm³/mol. The summed E-state index contributed by atoms with van der Waals surface area (Å²) < 4.78 is 4.74. The Kier molecular flexibility index (Phi) is 6.05. The molecule has 0 spiro atoms. The number of rotatable bonds is 3. The SMILES string of the molecule is c1ccc(C2=NC(c3ccccc3)NC(n3c4ccccc4c4cc(-c5cc6c7ccccc7n7c8ccccc8c8cccc5c8c67)ccc43)=N2)cc1. The highest BCUT2D eigenvalue weighted by Crippen LogP contribution is 2.45. The van der Waals surface area contributed by atoms with Crippen LogP contribution in [-0.2, 0) is 0 Å². The monoisotopic (exact) mass is 689 g/mol. The van der Waals surface area contributed by atoms with Crippen molar-refractivity contribution >= 4 is 82.5 Å². The highest BCUT2D eigenvalue weighted by Gasteiger charge is 2.25. The summed E-state index contributed by atoms with van der Waals surface area (Å²) >= 11 is 0. The molecule has 0 radical (unpaired) electrons. The summed E-state index contributed by atoms with van der Waals surface area (Å²) in [6, 6.07) is 63.1. The topological polar surface area (TPSA) is 46.1 Å². The number of nitrogens with zero attached hydrogens (tertiary/aromatic N) is 4. The Morgan fingerprint density at radius 3 is 1.80 bits per heavy atom. The molecule has 12 rings (SSSR count). The van der Waals surface area contributed by atoms with Crippen molar-refractivity contribution in [3.8, 4) is 11.1 Å². The summed E-state index contributed by atoms with van der Waals surface area (Å²) in [4.78, 5) is 10.3. The molecule has 5 nitrogen and oxygen atoms in total. The number of pyridine rings is 1. The van der Waals surface area contributed by atoms with Gasteiger partial charge in [0.15, 0.2) is 5.84 Å². The van der Waals surface area contributed by atoms with Crippen LogP contribution in [0, 0.1) is 0 Å². The molecule has 5 heteroatoms. The van der Waals surface area contributed by atoms with E-state index in [0.29, 0.717) is 5.84 Å². The molecule has 1 N–H and O–H groups in total. The zero-order valence-electron chi connectivity index (χ0n) is 29.1. The van der Waals surface area contributed by atoms with Gasteiger partial charge in [0.1, 0.15) is 6.17 Å². The Balaban J connectivity index is 1.11.